The standard InChI is InChI=1S/C13H14N2O3S/c1-14-4-5-15(8-12(14)17)13(18)10-7-11(19-9-10)3-2-6-16/h7,9,16H,4-6,8H2,1H3. The summed E-state index contributed by atoms with van der Waals surface area (Å²) in [5.74, 6) is 5.11. The van der Waals surface area contributed by atoms with E-state index >= 15 is 0 Å². The number of aliphatic hydroxyl groups is 1. The van der Waals surface area contributed by atoms with Gasteiger partial charge in [-0.3, -0.25) is 9.59 Å². The molecule has 0 bridgehead atoms. The van der Waals surface area contributed by atoms with E-state index in [1.807, 2.05) is 0 Å². The minimum absolute atomic E-state index is 0.0462. The Morgan fingerprint density at radius 1 is 1.53 bits per heavy atom. The van der Waals surface area contributed by atoms with Crippen molar-refractivity contribution in [2.45, 2.75) is 0 Å². The molecule has 1 fully saturated rings. The summed E-state index contributed by atoms with van der Waals surface area (Å²) in [5.41, 5.74) is 0.546. The fourth-order valence-electron chi connectivity index (χ4n) is 1.75. The summed E-state index contributed by atoms with van der Waals surface area (Å²) < 4.78 is 0. The number of amides is 2. The van der Waals surface area contributed by atoms with Gasteiger partial charge >= 0.3 is 0 Å². The number of likely N-dealkylation sites (N-methyl/N-ethyl adjacent to an activating group) is 1. The SMILES string of the molecule is CN1CCN(C(=O)c2csc(C#CCO)c2)CC1=O. The molecular weight excluding hydrogens is 264 g/mol. The zero-order valence-electron chi connectivity index (χ0n) is 10.5. The second kappa shape index (κ2) is 5.87. The molecule has 1 N–H and O–H groups in total. The Hall–Kier alpha value is -1.84. The number of aliphatic hydroxyl groups excluding tert-OH is 1. The molecule has 5 nitrogen and oxygen atoms in total. The van der Waals surface area contributed by atoms with Crippen molar-refractivity contribution >= 4 is 23.2 Å². The number of nitrogens with zero attached hydrogens (tertiary/aromatic N) is 2. The highest BCUT2D eigenvalue weighted by molar-refractivity contribution is 7.10. The Balaban J connectivity index is 2.07. The van der Waals surface area contributed by atoms with Crippen LogP contribution >= 0.6 is 11.3 Å². The van der Waals surface area contributed by atoms with E-state index in [0.717, 1.165) is 4.88 Å². The first-order chi connectivity index (χ1) is 9.11. The first kappa shape index (κ1) is 13.6. The first-order valence-electron chi connectivity index (χ1n) is 5.83. The van der Waals surface area contributed by atoms with Gasteiger partial charge in [-0.15, -0.1) is 11.3 Å². The first-order valence-corrected chi connectivity index (χ1v) is 6.71. The minimum Gasteiger partial charge on any atom is -0.384 e. The summed E-state index contributed by atoms with van der Waals surface area (Å²) >= 11 is 1.36. The van der Waals surface area contributed by atoms with Crippen LogP contribution in [0.5, 0.6) is 0 Å². The maximum absolute atomic E-state index is 12.2. The molecule has 1 aromatic rings. The molecule has 19 heavy (non-hydrogen) atoms. The third kappa shape index (κ3) is 3.13. The minimum atomic E-state index is -0.200. The number of rotatable bonds is 1. The Morgan fingerprint density at radius 2 is 2.32 bits per heavy atom. The van der Waals surface area contributed by atoms with Crippen LogP contribution < -0.4 is 0 Å². The second-order valence-electron chi connectivity index (χ2n) is 4.20. The molecule has 0 radical (unpaired) electrons. The molecular formula is C13H14N2O3S. The van der Waals surface area contributed by atoms with Gasteiger partial charge in [0, 0.05) is 25.5 Å². The molecule has 1 aliphatic heterocycles. The molecule has 0 aliphatic carbocycles. The molecule has 6 heteroatoms. The second-order valence-corrected chi connectivity index (χ2v) is 5.11. The van der Waals surface area contributed by atoms with Gasteiger partial charge in [0.2, 0.25) is 5.91 Å². The van der Waals surface area contributed by atoms with E-state index in [0.29, 0.717) is 18.7 Å². The van der Waals surface area contributed by atoms with Gasteiger partial charge in [-0.2, -0.15) is 0 Å². The lowest BCUT2D eigenvalue weighted by Gasteiger charge is -2.31. The van der Waals surface area contributed by atoms with Crippen molar-refractivity contribution in [1.82, 2.24) is 9.80 Å². The van der Waals surface area contributed by atoms with Gasteiger partial charge in [0.25, 0.3) is 5.91 Å². The molecule has 0 saturated carbocycles. The van der Waals surface area contributed by atoms with Gasteiger partial charge in [-0.05, 0) is 6.07 Å². The van der Waals surface area contributed by atoms with Crippen molar-refractivity contribution < 1.29 is 14.7 Å². The van der Waals surface area contributed by atoms with Gasteiger partial charge in [-0.25, -0.2) is 0 Å². The summed E-state index contributed by atoms with van der Waals surface area (Å²) in [6.07, 6.45) is 0. The predicted molar refractivity (Wildman–Crippen MR) is 71.8 cm³/mol. The molecule has 0 aromatic carbocycles. The van der Waals surface area contributed by atoms with Crippen LogP contribution in [0, 0.1) is 11.8 Å². The molecule has 1 saturated heterocycles. The average molecular weight is 278 g/mol. The third-order valence-electron chi connectivity index (χ3n) is 2.88. The maximum atomic E-state index is 12.2. The van der Waals surface area contributed by atoms with Crippen LogP contribution in [0.25, 0.3) is 0 Å². The number of hydrogen-bond donors (Lipinski definition) is 1. The molecule has 100 valence electrons. The topological polar surface area (TPSA) is 60.9 Å². The normalized spacial score (nSPS) is 15.2. The maximum Gasteiger partial charge on any atom is 0.255 e. The van der Waals surface area contributed by atoms with Crippen molar-refractivity contribution in [3.63, 3.8) is 0 Å². The van der Waals surface area contributed by atoms with E-state index in [9.17, 15) is 9.59 Å². The molecule has 1 aliphatic rings. The highest BCUT2D eigenvalue weighted by atomic mass is 32.1. The van der Waals surface area contributed by atoms with Gasteiger partial charge in [0.05, 0.1) is 10.4 Å². The van der Waals surface area contributed by atoms with E-state index in [2.05, 4.69) is 11.8 Å². The van der Waals surface area contributed by atoms with Gasteiger partial charge < -0.3 is 14.9 Å². The lowest BCUT2D eigenvalue weighted by atomic mass is 10.2. The van der Waals surface area contributed by atoms with Crippen LogP contribution in [-0.4, -0.2) is 60.0 Å². The molecule has 0 unspecified atom stereocenters. The van der Waals surface area contributed by atoms with Crippen molar-refractivity contribution in [3.05, 3.63) is 21.9 Å². The summed E-state index contributed by atoms with van der Waals surface area (Å²) in [4.78, 5) is 27.7. The monoisotopic (exact) mass is 278 g/mol. The van der Waals surface area contributed by atoms with Crippen molar-refractivity contribution in [3.8, 4) is 11.8 Å². The number of piperazine rings is 1. The zero-order valence-corrected chi connectivity index (χ0v) is 11.4. The molecule has 2 rings (SSSR count). The predicted octanol–water partition coefficient (Wildman–Crippen LogP) is 0.00610. The van der Waals surface area contributed by atoms with E-state index in [4.69, 9.17) is 5.11 Å². The summed E-state index contributed by atoms with van der Waals surface area (Å²) in [7, 11) is 1.73. The molecule has 1 aromatic heterocycles. The Morgan fingerprint density at radius 3 is 3.00 bits per heavy atom. The van der Waals surface area contributed by atoms with Crippen molar-refractivity contribution in [2.24, 2.45) is 0 Å². The van der Waals surface area contributed by atoms with Crippen LogP contribution in [0.1, 0.15) is 15.2 Å². The zero-order chi connectivity index (χ0) is 13.8. The number of thiophene rings is 1. The van der Waals surface area contributed by atoms with Gasteiger partial charge in [0.1, 0.15) is 13.2 Å². The Kier molecular flexibility index (Phi) is 4.20. The lowest BCUT2D eigenvalue weighted by Crippen LogP contribution is -2.50. The average Bonchev–Trinajstić information content (AvgIpc) is 2.87. The number of carbonyl (C=O) groups excluding carboxylic acids is 2. The van der Waals surface area contributed by atoms with Crippen LogP contribution in [-0.2, 0) is 4.79 Å². The van der Waals surface area contributed by atoms with Crippen molar-refractivity contribution in [1.29, 1.82) is 0 Å². The van der Waals surface area contributed by atoms with Crippen LogP contribution in [0.4, 0.5) is 0 Å². The molecule has 2 amide bonds. The number of hydrogen-bond acceptors (Lipinski definition) is 4. The summed E-state index contributed by atoms with van der Waals surface area (Å²) in [5, 5.41) is 10.3. The smallest absolute Gasteiger partial charge is 0.255 e. The number of carbonyl (C=O) groups is 2. The molecule has 2 heterocycles. The van der Waals surface area contributed by atoms with Gasteiger partial charge in [-0.1, -0.05) is 11.8 Å². The van der Waals surface area contributed by atoms with E-state index in [1.165, 1.54) is 11.3 Å². The largest absolute Gasteiger partial charge is 0.384 e. The van der Waals surface area contributed by atoms with E-state index in [-0.39, 0.29) is 25.0 Å². The van der Waals surface area contributed by atoms with Crippen LogP contribution in [0.15, 0.2) is 11.4 Å². The fourth-order valence-corrected chi connectivity index (χ4v) is 2.50. The Bertz CT molecular complexity index is 556. The Labute approximate surface area is 115 Å². The van der Waals surface area contributed by atoms with Crippen LogP contribution in [0.3, 0.4) is 0 Å². The summed E-state index contributed by atoms with van der Waals surface area (Å²) in [6.45, 7) is 1.04. The van der Waals surface area contributed by atoms with E-state index in [1.54, 1.807) is 28.3 Å². The van der Waals surface area contributed by atoms with Crippen LogP contribution in [0.2, 0.25) is 0 Å². The highest BCUT2D eigenvalue weighted by Crippen LogP contribution is 2.16. The molecule has 0 spiro atoms. The lowest BCUT2D eigenvalue weighted by molar-refractivity contribution is -0.133. The van der Waals surface area contributed by atoms with Crippen molar-refractivity contribution in [2.75, 3.05) is 33.3 Å². The third-order valence-corrected chi connectivity index (χ3v) is 3.73. The van der Waals surface area contributed by atoms with E-state index < -0.39 is 0 Å². The fraction of sp³-hybridized carbons (Fsp3) is 0.385. The summed E-state index contributed by atoms with van der Waals surface area (Å²) in [6, 6.07) is 1.69. The quantitative estimate of drug-likeness (QED) is 0.736. The molecule has 0 atom stereocenters. The van der Waals surface area contributed by atoms with Gasteiger partial charge in [0.15, 0.2) is 0 Å². The highest BCUT2D eigenvalue weighted by Gasteiger charge is 2.25.